The first-order valence-electron chi connectivity index (χ1n) is 6.85. The first kappa shape index (κ1) is 14.3. The monoisotopic (exact) mass is 270 g/mol. The van der Waals surface area contributed by atoms with Gasteiger partial charge in [-0.1, -0.05) is 0 Å². The van der Waals surface area contributed by atoms with E-state index in [0.29, 0.717) is 39.4 Å². The lowest BCUT2D eigenvalue weighted by Crippen LogP contribution is -2.51. The largest absolute Gasteiger partial charge is 0.382 e. The molecule has 0 spiro atoms. The van der Waals surface area contributed by atoms with Gasteiger partial charge in [0, 0.05) is 39.2 Å². The number of carbonyl (C=O) groups excluding carboxylic acids is 2. The summed E-state index contributed by atoms with van der Waals surface area (Å²) >= 11 is 0. The van der Waals surface area contributed by atoms with Crippen molar-refractivity contribution in [1.82, 2.24) is 9.80 Å². The highest BCUT2D eigenvalue weighted by Gasteiger charge is 2.35. The van der Waals surface area contributed by atoms with Crippen LogP contribution in [0.1, 0.15) is 12.8 Å². The van der Waals surface area contributed by atoms with E-state index >= 15 is 0 Å². The average Bonchev–Trinajstić information content (AvgIpc) is 3.27. The first-order chi connectivity index (χ1) is 9.22. The molecule has 6 heteroatoms. The molecule has 0 atom stereocenters. The van der Waals surface area contributed by atoms with Crippen molar-refractivity contribution >= 4 is 11.8 Å². The maximum absolute atomic E-state index is 11.9. The maximum Gasteiger partial charge on any atom is 0.248 e. The van der Waals surface area contributed by atoms with Gasteiger partial charge in [0.1, 0.15) is 6.61 Å². The van der Waals surface area contributed by atoms with E-state index in [-0.39, 0.29) is 24.3 Å². The van der Waals surface area contributed by atoms with Crippen molar-refractivity contribution in [3.63, 3.8) is 0 Å². The maximum atomic E-state index is 11.9. The number of carbonyl (C=O) groups is 2. The Morgan fingerprint density at radius 2 is 1.68 bits per heavy atom. The summed E-state index contributed by atoms with van der Waals surface area (Å²) in [7, 11) is 1.60. The summed E-state index contributed by atoms with van der Waals surface area (Å²) in [5, 5.41) is 0. The molecule has 1 aliphatic carbocycles. The highest BCUT2D eigenvalue weighted by Crippen LogP contribution is 2.31. The molecule has 2 aliphatic rings. The van der Waals surface area contributed by atoms with Gasteiger partial charge in [-0.25, -0.2) is 0 Å². The average molecular weight is 270 g/mol. The predicted molar refractivity (Wildman–Crippen MR) is 68.6 cm³/mol. The van der Waals surface area contributed by atoms with E-state index in [1.54, 1.807) is 12.0 Å². The van der Waals surface area contributed by atoms with Crippen molar-refractivity contribution in [2.75, 3.05) is 53.1 Å². The normalized spacial score (nSPS) is 19.6. The molecule has 0 N–H and O–H groups in total. The lowest BCUT2D eigenvalue weighted by Gasteiger charge is -2.34. The van der Waals surface area contributed by atoms with Gasteiger partial charge in [0.05, 0.1) is 13.2 Å². The Morgan fingerprint density at radius 3 is 2.26 bits per heavy atom. The summed E-state index contributed by atoms with van der Waals surface area (Å²) in [6.07, 6.45) is 2.07. The third kappa shape index (κ3) is 4.18. The van der Waals surface area contributed by atoms with Crippen LogP contribution in [-0.2, 0) is 19.1 Å². The Labute approximate surface area is 113 Å². The second kappa shape index (κ2) is 6.86. The Morgan fingerprint density at radius 1 is 1.05 bits per heavy atom. The first-order valence-corrected chi connectivity index (χ1v) is 6.85. The van der Waals surface area contributed by atoms with E-state index in [4.69, 9.17) is 9.47 Å². The van der Waals surface area contributed by atoms with Crippen LogP contribution in [0.25, 0.3) is 0 Å². The van der Waals surface area contributed by atoms with Gasteiger partial charge in [-0.05, 0) is 12.8 Å². The highest BCUT2D eigenvalue weighted by atomic mass is 16.5. The standard InChI is InChI=1S/C13H22N2O4/c1-18-8-9-19-10-12(16)14-4-6-15(7-5-14)13(17)11-2-3-11/h11H,2-10H2,1H3. The molecule has 1 saturated heterocycles. The van der Waals surface area contributed by atoms with Crippen molar-refractivity contribution < 1.29 is 19.1 Å². The van der Waals surface area contributed by atoms with E-state index in [1.165, 1.54) is 0 Å². The Bertz CT molecular complexity index is 323. The second-order valence-electron chi connectivity index (χ2n) is 5.03. The third-order valence-corrected chi connectivity index (χ3v) is 3.53. The fraction of sp³-hybridized carbons (Fsp3) is 0.846. The van der Waals surface area contributed by atoms with E-state index in [1.807, 2.05) is 4.90 Å². The van der Waals surface area contributed by atoms with Gasteiger partial charge in [0.2, 0.25) is 11.8 Å². The van der Waals surface area contributed by atoms with Crippen LogP contribution in [0.3, 0.4) is 0 Å². The Kier molecular flexibility index (Phi) is 5.15. The predicted octanol–water partition coefficient (Wildman–Crippen LogP) is -0.270. The van der Waals surface area contributed by atoms with Crippen molar-refractivity contribution in [3.05, 3.63) is 0 Å². The lowest BCUT2D eigenvalue weighted by molar-refractivity contribution is -0.143. The zero-order valence-corrected chi connectivity index (χ0v) is 11.5. The number of methoxy groups -OCH3 is 1. The number of hydrogen-bond acceptors (Lipinski definition) is 4. The van der Waals surface area contributed by atoms with E-state index in [0.717, 1.165) is 12.8 Å². The number of ether oxygens (including phenoxy) is 2. The second-order valence-corrected chi connectivity index (χ2v) is 5.03. The highest BCUT2D eigenvalue weighted by molar-refractivity contribution is 5.82. The molecular weight excluding hydrogens is 248 g/mol. The minimum atomic E-state index is -0.00498. The summed E-state index contributed by atoms with van der Waals surface area (Å²) in [5.41, 5.74) is 0. The molecule has 6 nitrogen and oxygen atoms in total. The fourth-order valence-corrected chi connectivity index (χ4v) is 2.16. The van der Waals surface area contributed by atoms with Gasteiger partial charge >= 0.3 is 0 Å². The van der Waals surface area contributed by atoms with Gasteiger partial charge < -0.3 is 19.3 Å². The molecule has 1 heterocycles. The Balaban J connectivity index is 1.64. The van der Waals surface area contributed by atoms with Crippen LogP contribution in [0.5, 0.6) is 0 Å². The smallest absolute Gasteiger partial charge is 0.248 e. The van der Waals surface area contributed by atoms with Gasteiger partial charge in [-0.2, -0.15) is 0 Å². The van der Waals surface area contributed by atoms with E-state index in [2.05, 4.69) is 0 Å². The Hall–Kier alpha value is -1.14. The molecule has 108 valence electrons. The van der Waals surface area contributed by atoms with Crippen molar-refractivity contribution in [1.29, 1.82) is 0 Å². The molecular formula is C13H22N2O4. The molecule has 1 saturated carbocycles. The van der Waals surface area contributed by atoms with Crippen LogP contribution in [0, 0.1) is 5.92 Å². The van der Waals surface area contributed by atoms with Crippen molar-refractivity contribution in [2.24, 2.45) is 5.92 Å². The number of piperazine rings is 1. The molecule has 2 fully saturated rings. The summed E-state index contributed by atoms with van der Waals surface area (Å²) in [6.45, 7) is 3.56. The molecule has 0 aromatic carbocycles. The minimum Gasteiger partial charge on any atom is -0.382 e. The summed E-state index contributed by atoms with van der Waals surface area (Å²) in [4.78, 5) is 27.4. The molecule has 0 radical (unpaired) electrons. The van der Waals surface area contributed by atoms with Crippen LogP contribution in [0.4, 0.5) is 0 Å². The number of rotatable bonds is 6. The van der Waals surface area contributed by atoms with Crippen LogP contribution in [0.2, 0.25) is 0 Å². The summed E-state index contributed by atoms with van der Waals surface area (Å²) < 4.78 is 10.1. The van der Waals surface area contributed by atoms with E-state index < -0.39 is 0 Å². The molecule has 0 aromatic heterocycles. The van der Waals surface area contributed by atoms with Crippen molar-refractivity contribution in [2.45, 2.75) is 12.8 Å². The topological polar surface area (TPSA) is 59.1 Å². The number of amides is 2. The van der Waals surface area contributed by atoms with Gasteiger partial charge in [-0.15, -0.1) is 0 Å². The van der Waals surface area contributed by atoms with Gasteiger partial charge in [0.25, 0.3) is 0 Å². The van der Waals surface area contributed by atoms with Crippen LogP contribution < -0.4 is 0 Å². The summed E-state index contributed by atoms with van der Waals surface area (Å²) in [5.74, 6) is 0.526. The van der Waals surface area contributed by atoms with Crippen LogP contribution in [-0.4, -0.2) is 74.7 Å². The SMILES string of the molecule is COCCOCC(=O)N1CCN(C(=O)C2CC2)CC1. The van der Waals surface area contributed by atoms with Crippen LogP contribution >= 0.6 is 0 Å². The molecule has 2 amide bonds. The molecule has 2 rings (SSSR count). The van der Waals surface area contributed by atoms with Crippen LogP contribution in [0.15, 0.2) is 0 Å². The van der Waals surface area contributed by atoms with Gasteiger partial charge in [0.15, 0.2) is 0 Å². The molecule has 19 heavy (non-hydrogen) atoms. The molecule has 0 aromatic rings. The summed E-state index contributed by atoms with van der Waals surface area (Å²) in [6, 6.07) is 0. The zero-order valence-electron chi connectivity index (χ0n) is 11.5. The fourth-order valence-electron chi connectivity index (χ4n) is 2.16. The minimum absolute atomic E-state index is 0.00498. The van der Waals surface area contributed by atoms with Crippen molar-refractivity contribution in [3.8, 4) is 0 Å². The molecule has 0 bridgehead atoms. The zero-order chi connectivity index (χ0) is 13.7. The quantitative estimate of drug-likeness (QED) is 0.623. The number of nitrogens with zero attached hydrogens (tertiary/aromatic N) is 2. The molecule has 1 aliphatic heterocycles. The van der Waals surface area contributed by atoms with E-state index in [9.17, 15) is 9.59 Å². The molecule has 0 unspecified atom stereocenters. The van der Waals surface area contributed by atoms with Gasteiger partial charge in [-0.3, -0.25) is 9.59 Å². The lowest BCUT2D eigenvalue weighted by atomic mass is 10.2. The third-order valence-electron chi connectivity index (χ3n) is 3.53. The number of hydrogen-bond donors (Lipinski definition) is 0.